The molecule has 1 saturated carbocycles. The molecule has 4 aromatic carbocycles. The van der Waals surface area contributed by atoms with E-state index in [1.54, 1.807) is 29.1 Å². The van der Waals surface area contributed by atoms with E-state index in [2.05, 4.69) is 47.1 Å². The SMILES string of the molecule is CO[C@@H](C)COc1nc(N2C[C@@H]3C[C@H]2CN3)c2cc(C3CC3)c(-c3c(Cl)ccc4[nH]ncc34)c(OCc3ccc(-c4cn([C@H](C(=O)N5CCC[C@H]5C(=O)N[C@@H](CO)c5ccc(-c6cccnc6C)cc5)C(C)C)nn4)cc3)c2n1. The van der Waals surface area contributed by atoms with Crippen molar-refractivity contribution in [2.75, 3.05) is 44.9 Å². The number of pyridine rings is 1. The first-order valence-electron chi connectivity index (χ1n) is 27.5. The highest BCUT2D eigenvalue weighted by molar-refractivity contribution is 6.35. The third-order valence-electron chi connectivity index (χ3n) is 16.2. The molecule has 0 spiro atoms. The van der Waals surface area contributed by atoms with Gasteiger partial charge in [-0.15, -0.1) is 5.10 Å². The number of benzene rings is 4. The normalized spacial score (nSPS) is 19.2. The summed E-state index contributed by atoms with van der Waals surface area (Å²) in [5, 5.41) is 36.1. The Morgan fingerprint density at radius 2 is 1.76 bits per heavy atom. The highest BCUT2D eigenvalue weighted by atomic mass is 35.5. The first-order valence-corrected chi connectivity index (χ1v) is 27.9. The zero-order valence-electron chi connectivity index (χ0n) is 45.0. The number of nitrogens with zero attached hydrogens (tertiary/aromatic N) is 9. The van der Waals surface area contributed by atoms with E-state index in [1.807, 2.05) is 107 Å². The van der Waals surface area contributed by atoms with Gasteiger partial charge >= 0.3 is 6.01 Å². The molecule has 79 heavy (non-hydrogen) atoms. The van der Waals surface area contributed by atoms with Crippen LogP contribution in [0.1, 0.15) is 93.3 Å². The van der Waals surface area contributed by atoms with E-state index in [4.69, 9.17) is 35.8 Å². The second kappa shape index (κ2) is 22.0. The van der Waals surface area contributed by atoms with Crippen molar-refractivity contribution in [3.63, 3.8) is 0 Å². The van der Waals surface area contributed by atoms with E-state index >= 15 is 0 Å². The van der Waals surface area contributed by atoms with E-state index < -0.39 is 18.1 Å². The van der Waals surface area contributed by atoms with Gasteiger partial charge in [0.2, 0.25) is 11.8 Å². The Hall–Kier alpha value is -7.51. The van der Waals surface area contributed by atoms with Crippen molar-refractivity contribution in [2.24, 2.45) is 5.92 Å². The number of anilines is 1. The summed E-state index contributed by atoms with van der Waals surface area (Å²) in [5.41, 5.74) is 10.3. The Labute approximate surface area is 463 Å². The maximum Gasteiger partial charge on any atom is 0.319 e. The molecule has 8 aromatic rings. The Balaban J connectivity index is 0.808. The number of carbonyl (C=O) groups excluding carboxylic acids is 2. The van der Waals surface area contributed by atoms with Crippen molar-refractivity contribution in [1.29, 1.82) is 0 Å². The number of aliphatic hydroxyl groups is 1. The number of aryl methyl sites for hydroxylation is 1. The van der Waals surface area contributed by atoms with Gasteiger partial charge in [-0.05, 0) is 104 Å². The second-order valence-electron chi connectivity index (χ2n) is 21.9. The van der Waals surface area contributed by atoms with E-state index in [0.717, 1.165) is 105 Å². The largest absolute Gasteiger partial charge is 0.486 e. The van der Waals surface area contributed by atoms with Crippen LogP contribution < -0.4 is 25.0 Å². The van der Waals surface area contributed by atoms with Gasteiger partial charge < -0.3 is 39.8 Å². The molecule has 18 nitrogen and oxygen atoms in total. The van der Waals surface area contributed by atoms with Crippen LogP contribution in [0.25, 0.3) is 55.3 Å². The predicted octanol–water partition coefficient (Wildman–Crippen LogP) is 8.91. The Kier molecular flexibility index (Phi) is 14.5. The monoisotopic (exact) mass is 1080 g/mol. The molecule has 4 fully saturated rings. The minimum atomic E-state index is -0.716. The molecule has 19 heteroatoms. The van der Waals surface area contributed by atoms with Crippen molar-refractivity contribution in [3.05, 3.63) is 125 Å². The van der Waals surface area contributed by atoms with E-state index in [0.29, 0.717) is 53.3 Å². The van der Waals surface area contributed by atoms with Gasteiger partial charge in [0.25, 0.3) is 0 Å². The summed E-state index contributed by atoms with van der Waals surface area (Å²) in [5.74, 6) is 1.03. The average molecular weight is 1090 g/mol. The van der Waals surface area contributed by atoms with Crippen molar-refractivity contribution >= 4 is 51.0 Å². The molecule has 2 bridgehead atoms. The number of likely N-dealkylation sites (tertiary alicyclic amines) is 1. The topological polar surface area (TPSA) is 211 Å². The number of ether oxygens (including phenoxy) is 3. The highest BCUT2D eigenvalue weighted by Gasteiger charge is 2.42. The highest BCUT2D eigenvalue weighted by Crippen LogP contribution is 2.54. The van der Waals surface area contributed by atoms with Gasteiger partial charge in [0, 0.05) is 88.8 Å². The van der Waals surface area contributed by atoms with Gasteiger partial charge in [0.1, 0.15) is 42.3 Å². The lowest BCUT2D eigenvalue weighted by Gasteiger charge is -2.30. The number of H-pyrrole nitrogens is 1. The van der Waals surface area contributed by atoms with Crippen LogP contribution in [0.3, 0.4) is 0 Å². The van der Waals surface area contributed by atoms with Gasteiger partial charge in [-0.2, -0.15) is 15.1 Å². The predicted molar refractivity (Wildman–Crippen MR) is 302 cm³/mol. The third-order valence-corrected chi connectivity index (χ3v) is 16.6. The third kappa shape index (κ3) is 10.3. The number of hydrogen-bond acceptors (Lipinski definition) is 14. The maximum atomic E-state index is 14.6. The van der Waals surface area contributed by atoms with Gasteiger partial charge in [0.05, 0.1) is 36.7 Å². The molecular weight excluding hydrogens is 1020 g/mol. The number of aromatic nitrogens is 8. The summed E-state index contributed by atoms with van der Waals surface area (Å²) in [6.07, 6.45) is 9.48. The number of nitrogens with one attached hydrogen (secondary N) is 3. The first-order chi connectivity index (χ1) is 38.4. The molecule has 408 valence electrons. The summed E-state index contributed by atoms with van der Waals surface area (Å²) >= 11 is 7.24. The number of aromatic amines is 1. The molecular formula is C60H65ClN12O6. The molecule has 1 aliphatic carbocycles. The van der Waals surface area contributed by atoms with Crippen molar-refractivity contribution in [1.82, 2.24) is 55.7 Å². The smallest absolute Gasteiger partial charge is 0.319 e. The Morgan fingerprint density at radius 3 is 2.48 bits per heavy atom. The zero-order chi connectivity index (χ0) is 54.5. The number of hydrogen-bond donors (Lipinski definition) is 4. The molecule has 4 aromatic heterocycles. The van der Waals surface area contributed by atoms with Crippen molar-refractivity contribution in [3.8, 4) is 45.3 Å². The van der Waals surface area contributed by atoms with E-state index in [-0.39, 0.29) is 55.7 Å². The fourth-order valence-corrected chi connectivity index (χ4v) is 12.0. The molecule has 4 N–H and O–H groups in total. The van der Waals surface area contributed by atoms with Crippen LogP contribution in [0, 0.1) is 12.8 Å². The summed E-state index contributed by atoms with van der Waals surface area (Å²) in [6.45, 7) is 10.1. The minimum absolute atomic E-state index is 0.173. The van der Waals surface area contributed by atoms with Crippen LogP contribution in [-0.2, 0) is 20.9 Å². The number of halogens is 1. The lowest BCUT2D eigenvalue weighted by atomic mass is 9.91. The van der Waals surface area contributed by atoms with Gasteiger partial charge in [-0.1, -0.05) is 85.3 Å². The quantitative estimate of drug-likeness (QED) is 0.0596. The Bertz CT molecular complexity index is 3550. The molecule has 12 rings (SSSR count). The number of aliphatic hydroxyl groups excluding tert-OH is 1. The molecule has 3 aliphatic heterocycles. The molecule has 4 aliphatic rings. The molecule has 2 amide bonds. The van der Waals surface area contributed by atoms with Crippen LogP contribution in [0.5, 0.6) is 11.8 Å². The number of fused-ring (bicyclic) bond motifs is 4. The first kappa shape index (κ1) is 52.2. The van der Waals surface area contributed by atoms with Crippen LogP contribution in [-0.4, -0.2) is 126 Å². The number of piperazine rings is 1. The van der Waals surface area contributed by atoms with Gasteiger partial charge in [-0.25, -0.2) is 4.68 Å². The Morgan fingerprint density at radius 1 is 0.949 bits per heavy atom. The number of carbonyl (C=O) groups is 2. The van der Waals surface area contributed by atoms with Crippen LogP contribution >= 0.6 is 11.6 Å². The molecule has 7 heterocycles. The summed E-state index contributed by atoms with van der Waals surface area (Å²) in [7, 11) is 1.66. The standard InChI is InChI=1S/C60H65ClN12O6/c1-33(2)55(59(76)71-23-7-9-51(71)58(75)65-50(30-74)40-18-16-37(17-19-40)43-8-6-22-62-35(43)4)73-29-49(69-70-73)39-12-10-36(11-13-39)32-78-56-53(52-46-27-64-68-48(46)21-20-47(52)61)44(38-14-15-38)25-45-54(56)66-60(79-31-34(3)77-5)67-57(45)72-28-41-24-42(72)26-63-41/h6,8,10-13,16-22,25,27,29,33-34,38,41-42,50-51,55,63,74H,7,9,14-15,23-24,26,28,30-32H2,1-5H3,(H,64,68)(H,65,75)/t34-,41-,42-,50-,51-,55-/m0/s1. The maximum absolute atomic E-state index is 14.6. The lowest BCUT2D eigenvalue weighted by molar-refractivity contribution is -0.142. The van der Waals surface area contributed by atoms with Gasteiger partial charge in [-0.3, -0.25) is 19.7 Å². The molecule has 0 unspecified atom stereocenters. The summed E-state index contributed by atoms with van der Waals surface area (Å²) in [4.78, 5) is 47.4. The number of amides is 2. The molecule has 0 radical (unpaired) electrons. The van der Waals surface area contributed by atoms with Gasteiger partial charge in [0.15, 0.2) is 5.75 Å². The lowest BCUT2D eigenvalue weighted by Crippen LogP contribution is -2.50. The van der Waals surface area contributed by atoms with E-state index in [1.165, 1.54) is 0 Å². The number of methoxy groups -OCH3 is 1. The van der Waals surface area contributed by atoms with Crippen molar-refractivity contribution < 1.29 is 28.9 Å². The average Bonchev–Trinajstić information content (AvgIpc) is 4.07. The minimum Gasteiger partial charge on any atom is -0.486 e. The van der Waals surface area contributed by atoms with E-state index in [9.17, 15) is 14.7 Å². The fourth-order valence-electron chi connectivity index (χ4n) is 11.8. The van der Waals surface area contributed by atoms with Crippen molar-refractivity contribution in [2.45, 2.75) is 109 Å². The summed E-state index contributed by atoms with van der Waals surface area (Å²) < 4.78 is 20.6. The van der Waals surface area contributed by atoms with Crippen LogP contribution in [0.15, 0.2) is 97.5 Å². The summed E-state index contributed by atoms with van der Waals surface area (Å²) in [6, 6.07) is 24.6. The molecule has 6 atom stereocenters. The van der Waals surface area contributed by atoms with Crippen LogP contribution in [0.4, 0.5) is 5.82 Å². The number of rotatable bonds is 19. The van der Waals surface area contributed by atoms with Crippen LogP contribution in [0.2, 0.25) is 5.02 Å². The zero-order valence-corrected chi connectivity index (χ0v) is 45.8. The molecule has 3 saturated heterocycles. The fraction of sp³-hybridized carbons (Fsp3) is 0.400. The second-order valence-corrected chi connectivity index (χ2v) is 22.3.